The van der Waals surface area contributed by atoms with Crippen molar-refractivity contribution in [1.29, 1.82) is 0 Å². The molecule has 1 aromatic carbocycles. The number of nitrogens with zero attached hydrogens (tertiary/aromatic N) is 1. The first-order chi connectivity index (χ1) is 11.3. The van der Waals surface area contributed by atoms with Gasteiger partial charge in [0, 0.05) is 5.41 Å². The Morgan fingerprint density at radius 3 is 2.25 bits per heavy atom. The minimum absolute atomic E-state index is 0.245. The molecule has 0 bridgehead atoms. The van der Waals surface area contributed by atoms with Crippen molar-refractivity contribution in [3.8, 4) is 5.75 Å². The maximum absolute atomic E-state index is 14.0. The molecule has 1 aliphatic heterocycles. The van der Waals surface area contributed by atoms with Gasteiger partial charge in [-0.2, -0.15) is 0 Å². The Morgan fingerprint density at radius 2 is 1.67 bits per heavy atom. The van der Waals surface area contributed by atoms with Gasteiger partial charge in [0.1, 0.15) is 13.2 Å². The zero-order chi connectivity index (χ0) is 17.6. The average molecular weight is 337 g/mol. The van der Waals surface area contributed by atoms with Crippen LogP contribution in [0.15, 0.2) is 18.2 Å². The summed E-state index contributed by atoms with van der Waals surface area (Å²) in [5, 5.41) is 0. The van der Waals surface area contributed by atoms with Gasteiger partial charge in [-0.1, -0.05) is 39.3 Å². The smallest absolute Gasteiger partial charge is 0.165 e. The topological polar surface area (TPSA) is 9.23 Å². The van der Waals surface area contributed by atoms with E-state index in [9.17, 15) is 4.39 Å². The van der Waals surface area contributed by atoms with Crippen molar-refractivity contribution in [3.63, 3.8) is 0 Å². The van der Waals surface area contributed by atoms with Gasteiger partial charge >= 0.3 is 0 Å². The molecule has 1 aliphatic rings. The molecule has 0 unspecified atom stereocenters. The number of aryl methyl sites for hydroxylation is 1. The van der Waals surface area contributed by atoms with Crippen LogP contribution in [-0.4, -0.2) is 37.3 Å². The van der Waals surface area contributed by atoms with Gasteiger partial charge in [-0.15, -0.1) is 0 Å². The minimum atomic E-state index is -0.245. The summed E-state index contributed by atoms with van der Waals surface area (Å²) < 4.78 is 21.0. The van der Waals surface area contributed by atoms with Crippen LogP contribution in [0.1, 0.15) is 58.4 Å². The van der Waals surface area contributed by atoms with Crippen LogP contribution in [0.4, 0.5) is 4.39 Å². The van der Waals surface area contributed by atoms with Crippen LogP contribution < -0.4 is 4.74 Å². The zero-order valence-electron chi connectivity index (χ0n) is 16.0. The summed E-state index contributed by atoms with van der Waals surface area (Å²) in [6.45, 7) is 14.1. The third-order valence-corrected chi connectivity index (χ3v) is 5.05. The normalized spacial score (nSPS) is 18.7. The van der Waals surface area contributed by atoms with E-state index in [1.807, 2.05) is 13.0 Å². The Balaban J connectivity index is 2.04. The number of rotatable bonds is 5. The Hall–Kier alpha value is -1.09. The van der Waals surface area contributed by atoms with E-state index in [1.165, 1.54) is 57.8 Å². The molecule has 0 aliphatic carbocycles. The number of halogens is 1. The van der Waals surface area contributed by atoms with Crippen molar-refractivity contribution in [2.75, 3.05) is 32.8 Å². The maximum Gasteiger partial charge on any atom is 0.165 e. The molecule has 2 rings (SSSR count). The van der Waals surface area contributed by atoms with Crippen LogP contribution >= 0.6 is 0 Å². The van der Waals surface area contributed by atoms with E-state index < -0.39 is 0 Å². The predicted octanol–water partition coefficient (Wildman–Crippen LogP) is 5.34. The lowest BCUT2D eigenvalue weighted by molar-refractivity contribution is -0.934. The van der Waals surface area contributed by atoms with E-state index in [2.05, 4.69) is 20.8 Å². The lowest BCUT2D eigenvalue weighted by Gasteiger charge is -2.43. The molecule has 24 heavy (non-hydrogen) atoms. The van der Waals surface area contributed by atoms with Crippen molar-refractivity contribution >= 4 is 0 Å². The molecule has 1 aromatic rings. The van der Waals surface area contributed by atoms with Gasteiger partial charge in [-0.3, -0.25) is 0 Å². The number of likely N-dealkylation sites (tertiary alicyclic amines) is 1. The van der Waals surface area contributed by atoms with E-state index in [0.717, 1.165) is 16.6 Å². The molecule has 0 amide bonds. The SMILES string of the molecule is Cc1cccc(F)c1OCC[N+]1(CC(C)(C)C)CCCCCCC1. The molecule has 0 N–H and O–H groups in total. The van der Waals surface area contributed by atoms with E-state index in [1.54, 1.807) is 6.07 Å². The lowest BCUT2D eigenvalue weighted by atomic mass is 9.93. The summed E-state index contributed by atoms with van der Waals surface area (Å²) in [7, 11) is 0. The van der Waals surface area contributed by atoms with Crippen LogP contribution in [0.2, 0.25) is 0 Å². The first-order valence-electron chi connectivity index (χ1n) is 9.54. The number of hydrogen-bond donors (Lipinski definition) is 0. The van der Waals surface area contributed by atoms with E-state index in [0.29, 0.717) is 17.8 Å². The molecular formula is C21H35FNO+. The van der Waals surface area contributed by atoms with Gasteiger partial charge in [0.2, 0.25) is 0 Å². The second-order valence-electron chi connectivity index (χ2n) is 8.73. The van der Waals surface area contributed by atoms with Crippen molar-refractivity contribution < 1.29 is 13.6 Å². The lowest BCUT2D eigenvalue weighted by Crippen LogP contribution is -2.55. The van der Waals surface area contributed by atoms with Crippen LogP contribution in [0, 0.1) is 18.2 Å². The fourth-order valence-electron chi connectivity index (χ4n) is 4.14. The molecule has 0 radical (unpaired) electrons. The molecule has 3 heteroatoms. The van der Waals surface area contributed by atoms with Crippen LogP contribution in [-0.2, 0) is 0 Å². The first kappa shape index (κ1) is 19.2. The molecule has 1 saturated heterocycles. The number of ether oxygens (including phenoxy) is 1. The number of quaternary nitrogens is 1. The zero-order valence-corrected chi connectivity index (χ0v) is 16.0. The summed E-state index contributed by atoms with van der Waals surface area (Å²) in [6.07, 6.45) is 6.67. The average Bonchev–Trinajstić information content (AvgIpc) is 2.45. The predicted molar refractivity (Wildman–Crippen MR) is 98.9 cm³/mol. The molecule has 0 saturated carbocycles. The van der Waals surface area contributed by atoms with E-state index in [-0.39, 0.29) is 5.82 Å². The highest BCUT2D eigenvalue weighted by Crippen LogP contribution is 2.27. The highest BCUT2D eigenvalue weighted by molar-refractivity contribution is 5.33. The molecule has 1 heterocycles. The van der Waals surface area contributed by atoms with Crippen molar-refractivity contribution in [2.24, 2.45) is 5.41 Å². The third-order valence-electron chi connectivity index (χ3n) is 5.05. The first-order valence-corrected chi connectivity index (χ1v) is 9.54. The molecule has 2 nitrogen and oxygen atoms in total. The summed E-state index contributed by atoms with van der Waals surface area (Å²) in [5.41, 5.74) is 1.18. The summed E-state index contributed by atoms with van der Waals surface area (Å²) in [4.78, 5) is 0. The molecule has 0 spiro atoms. The minimum Gasteiger partial charge on any atom is -0.484 e. The number of para-hydroxylation sites is 1. The van der Waals surface area contributed by atoms with E-state index >= 15 is 0 Å². The standard InChI is InChI=1S/C21H35FNO/c1-18-11-10-12-19(22)20(18)24-16-15-23(17-21(2,3)4)13-8-6-5-7-9-14-23/h10-12H,5-9,13-17H2,1-4H3/q+1. The summed E-state index contributed by atoms with van der Waals surface area (Å²) in [5.74, 6) is 0.184. The largest absolute Gasteiger partial charge is 0.484 e. The quantitative estimate of drug-likeness (QED) is 0.660. The highest BCUT2D eigenvalue weighted by atomic mass is 19.1. The van der Waals surface area contributed by atoms with Gasteiger partial charge in [0.15, 0.2) is 11.6 Å². The summed E-state index contributed by atoms with van der Waals surface area (Å²) in [6, 6.07) is 5.13. The van der Waals surface area contributed by atoms with Crippen molar-refractivity contribution in [2.45, 2.75) is 59.8 Å². The van der Waals surface area contributed by atoms with Crippen LogP contribution in [0.5, 0.6) is 5.75 Å². The molecular weight excluding hydrogens is 301 g/mol. The third kappa shape index (κ3) is 5.77. The van der Waals surface area contributed by atoms with Gasteiger partial charge in [0.25, 0.3) is 0 Å². The second-order valence-corrected chi connectivity index (χ2v) is 8.73. The number of hydrogen-bond acceptors (Lipinski definition) is 1. The molecule has 136 valence electrons. The van der Waals surface area contributed by atoms with Gasteiger partial charge in [-0.25, -0.2) is 4.39 Å². The molecule has 0 atom stereocenters. The van der Waals surface area contributed by atoms with Crippen molar-refractivity contribution in [3.05, 3.63) is 29.6 Å². The van der Waals surface area contributed by atoms with E-state index in [4.69, 9.17) is 4.74 Å². The van der Waals surface area contributed by atoms with Gasteiger partial charge in [-0.05, 0) is 44.2 Å². The monoisotopic (exact) mass is 336 g/mol. The van der Waals surface area contributed by atoms with Gasteiger partial charge < -0.3 is 9.22 Å². The highest BCUT2D eigenvalue weighted by Gasteiger charge is 2.33. The fraction of sp³-hybridized carbons (Fsp3) is 0.714. The summed E-state index contributed by atoms with van der Waals surface area (Å²) >= 11 is 0. The maximum atomic E-state index is 14.0. The Kier molecular flexibility index (Phi) is 6.68. The fourth-order valence-corrected chi connectivity index (χ4v) is 4.14. The second kappa shape index (κ2) is 8.33. The Morgan fingerprint density at radius 1 is 1.04 bits per heavy atom. The van der Waals surface area contributed by atoms with Crippen LogP contribution in [0.25, 0.3) is 0 Å². The van der Waals surface area contributed by atoms with Gasteiger partial charge in [0.05, 0.1) is 19.6 Å². The Bertz CT molecular complexity index is 493. The Labute approximate surface area is 147 Å². The van der Waals surface area contributed by atoms with Crippen molar-refractivity contribution in [1.82, 2.24) is 0 Å². The molecule has 1 fully saturated rings. The number of benzene rings is 1. The molecule has 0 aromatic heterocycles. The van der Waals surface area contributed by atoms with Crippen LogP contribution in [0.3, 0.4) is 0 Å².